The van der Waals surface area contributed by atoms with Gasteiger partial charge in [-0.1, -0.05) is 30.3 Å². The van der Waals surface area contributed by atoms with Crippen molar-refractivity contribution in [2.45, 2.75) is 31.8 Å². The molecule has 1 aliphatic rings. The topological polar surface area (TPSA) is 53.7 Å². The molecular formula is C23H25N5OS2. The third kappa shape index (κ3) is 4.15. The molecule has 0 spiro atoms. The second kappa shape index (κ2) is 8.90. The van der Waals surface area contributed by atoms with E-state index < -0.39 is 0 Å². The van der Waals surface area contributed by atoms with Gasteiger partial charge in [0.15, 0.2) is 10.7 Å². The summed E-state index contributed by atoms with van der Waals surface area (Å²) in [6.45, 7) is 2.38. The summed E-state index contributed by atoms with van der Waals surface area (Å²) in [7, 11) is 1.87. The summed E-state index contributed by atoms with van der Waals surface area (Å²) in [6.07, 6.45) is 6.99. The molecule has 0 saturated carbocycles. The van der Waals surface area contributed by atoms with E-state index in [4.69, 9.17) is 4.98 Å². The van der Waals surface area contributed by atoms with Gasteiger partial charge >= 0.3 is 0 Å². The Morgan fingerprint density at radius 2 is 2.10 bits per heavy atom. The Balaban J connectivity index is 1.37. The van der Waals surface area contributed by atoms with Gasteiger partial charge in [-0.15, -0.1) is 22.7 Å². The Bertz CT molecular complexity index is 1150. The van der Waals surface area contributed by atoms with Gasteiger partial charge in [-0.3, -0.25) is 14.1 Å². The maximum atomic E-state index is 13.4. The lowest BCUT2D eigenvalue weighted by atomic mass is 10.1. The number of benzene rings is 1. The molecule has 1 amide bonds. The number of nitrogens with zero attached hydrogens (tertiary/aromatic N) is 5. The molecule has 1 aliphatic heterocycles. The predicted octanol–water partition coefficient (Wildman–Crippen LogP) is 4.50. The fraction of sp³-hybridized carbons (Fsp3) is 0.348. The molecule has 1 aromatic carbocycles. The van der Waals surface area contributed by atoms with Gasteiger partial charge in [-0.25, -0.2) is 9.97 Å². The summed E-state index contributed by atoms with van der Waals surface area (Å²) in [4.78, 5) is 27.8. The summed E-state index contributed by atoms with van der Waals surface area (Å²) in [5.41, 5.74) is 2.79. The quantitative estimate of drug-likeness (QED) is 0.415. The summed E-state index contributed by atoms with van der Waals surface area (Å²) >= 11 is 3.28. The fourth-order valence-electron chi connectivity index (χ4n) is 4.27. The zero-order valence-corrected chi connectivity index (χ0v) is 19.1. The number of carbonyl (C=O) groups is 1. The van der Waals surface area contributed by atoms with E-state index in [-0.39, 0.29) is 5.91 Å². The minimum absolute atomic E-state index is 0.00757. The van der Waals surface area contributed by atoms with E-state index in [9.17, 15) is 4.79 Å². The third-order valence-electron chi connectivity index (χ3n) is 5.94. The minimum atomic E-state index is -0.00757. The molecule has 4 aromatic rings. The van der Waals surface area contributed by atoms with Crippen LogP contribution in [-0.4, -0.2) is 50.2 Å². The van der Waals surface area contributed by atoms with Gasteiger partial charge in [0.05, 0.1) is 11.7 Å². The molecule has 0 unspecified atom stereocenters. The molecule has 1 atom stereocenters. The highest BCUT2D eigenvalue weighted by atomic mass is 32.1. The van der Waals surface area contributed by atoms with Gasteiger partial charge in [0.1, 0.15) is 5.01 Å². The molecule has 160 valence electrons. The second-order valence-electron chi connectivity index (χ2n) is 7.92. The van der Waals surface area contributed by atoms with Crippen molar-refractivity contribution < 1.29 is 4.79 Å². The monoisotopic (exact) mass is 451 g/mol. The van der Waals surface area contributed by atoms with Gasteiger partial charge in [0.2, 0.25) is 0 Å². The largest absolute Gasteiger partial charge is 0.340 e. The highest BCUT2D eigenvalue weighted by Gasteiger charge is 2.31. The highest BCUT2D eigenvalue weighted by molar-refractivity contribution is 7.15. The van der Waals surface area contributed by atoms with Crippen LogP contribution in [0.4, 0.5) is 0 Å². The summed E-state index contributed by atoms with van der Waals surface area (Å²) in [6, 6.07) is 10.6. The molecule has 3 aromatic heterocycles. The lowest BCUT2D eigenvalue weighted by Crippen LogP contribution is -2.31. The maximum Gasteiger partial charge on any atom is 0.274 e. The van der Waals surface area contributed by atoms with Crippen molar-refractivity contribution in [3.8, 4) is 0 Å². The average molecular weight is 452 g/mol. The number of likely N-dealkylation sites (tertiary alicyclic amines) is 1. The van der Waals surface area contributed by atoms with Crippen LogP contribution in [0.3, 0.4) is 0 Å². The molecule has 0 radical (unpaired) electrons. The molecule has 5 rings (SSSR count). The molecule has 0 bridgehead atoms. The van der Waals surface area contributed by atoms with Crippen LogP contribution in [0.2, 0.25) is 0 Å². The Hall–Kier alpha value is -2.55. The number of hydrogen-bond acceptors (Lipinski definition) is 6. The first-order valence-corrected chi connectivity index (χ1v) is 12.3. The van der Waals surface area contributed by atoms with Crippen molar-refractivity contribution >= 4 is 33.5 Å². The number of imidazole rings is 1. The zero-order chi connectivity index (χ0) is 21.2. The molecule has 1 saturated heterocycles. The molecule has 31 heavy (non-hydrogen) atoms. The average Bonchev–Trinajstić information content (AvgIpc) is 3.57. The van der Waals surface area contributed by atoms with Crippen molar-refractivity contribution in [2.24, 2.45) is 0 Å². The first kappa shape index (κ1) is 20.4. The molecule has 4 heterocycles. The number of fused-ring (bicyclic) bond motifs is 1. The number of rotatable bonds is 7. The maximum absolute atomic E-state index is 13.4. The van der Waals surface area contributed by atoms with Crippen molar-refractivity contribution in [3.05, 3.63) is 75.4 Å². The smallest absolute Gasteiger partial charge is 0.274 e. The molecule has 1 fully saturated rings. The molecule has 0 aliphatic carbocycles. The second-order valence-corrected chi connectivity index (χ2v) is 9.72. The molecule has 8 heteroatoms. The fourth-order valence-corrected chi connectivity index (χ4v) is 5.80. The number of carbonyl (C=O) groups excluding carboxylic acids is 1. The van der Waals surface area contributed by atoms with Crippen LogP contribution in [-0.2, 0) is 13.0 Å². The highest BCUT2D eigenvalue weighted by Crippen LogP contribution is 2.35. The predicted molar refractivity (Wildman–Crippen MR) is 125 cm³/mol. The van der Waals surface area contributed by atoms with E-state index in [1.54, 1.807) is 27.6 Å². The molecule has 0 N–H and O–H groups in total. The van der Waals surface area contributed by atoms with Crippen LogP contribution in [0.5, 0.6) is 0 Å². The number of aromatic nitrogens is 3. The van der Waals surface area contributed by atoms with E-state index in [0.29, 0.717) is 24.8 Å². The standard InChI is InChI=1S/C23H25N5OS2/c1-26(12-9-17-6-3-2-4-7-17)22(29)20-19(28-13-15-31-23(28)25-20)16-27-11-5-8-18(27)21-24-10-14-30-21/h2-4,6-7,10,13-15,18H,5,8-9,11-12,16H2,1H3/t18-/m1/s1. The number of likely N-dealkylation sites (N-methyl/N-ethyl adjacent to an activating group) is 1. The lowest BCUT2D eigenvalue weighted by Gasteiger charge is -2.23. The minimum Gasteiger partial charge on any atom is -0.340 e. The third-order valence-corrected chi connectivity index (χ3v) is 7.58. The Morgan fingerprint density at radius 3 is 2.90 bits per heavy atom. The van der Waals surface area contributed by atoms with Crippen LogP contribution in [0, 0.1) is 0 Å². The van der Waals surface area contributed by atoms with Crippen LogP contribution in [0.1, 0.15) is 45.6 Å². The lowest BCUT2D eigenvalue weighted by molar-refractivity contribution is 0.0788. The van der Waals surface area contributed by atoms with Crippen LogP contribution in [0.25, 0.3) is 4.96 Å². The van der Waals surface area contributed by atoms with Gasteiger partial charge < -0.3 is 4.90 Å². The Kier molecular flexibility index (Phi) is 5.85. The van der Waals surface area contributed by atoms with E-state index in [1.165, 1.54) is 5.56 Å². The van der Waals surface area contributed by atoms with Crippen LogP contribution >= 0.6 is 22.7 Å². The Labute approximate surface area is 189 Å². The van der Waals surface area contributed by atoms with E-state index in [0.717, 1.165) is 41.5 Å². The van der Waals surface area contributed by atoms with Gasteiger partial charge in [-0.2, -0.15) is 0 Å². The zero-order valence-electron chi connectivity index (χ0n) is 17.5. The van der Waals surface area contributed by atoms with Crippen molar-refractivity contribution in [1.82, 2.24) is 24.2 Å². The van der Waals surface area contributed by atoms with Gasteiger partial charge in [0, 0.05) is 43.3 Å². The van der Waals surface area contributed by atoms with Gasteiger partial charge in [-0.05, 0) is 31.4 Å². The number of hydrogen-bond donors (Lipinski definition) is 0. The number of thiazole rings is 2. The SMILES string of the molecule is CN(CCc1ccccc1)C(=O)c1nc2sccn2c1CN1CCC[C@@H]1c1nccs1. The van der Waals surface area contributed by atoms with Crippen molar-refractivity contribution in [3.63, 3.8) is 0 Å². The summed E-state index contributed by atoms with van der Waals surface area (Å²) in [5, 5.41) is 5.23. The first-order valence-electron chi connectivity index (χ1n) is 10.6. The van der Waals surface area contributed by atoms with Crippen molar-refractivity contribution in [1.29, 1.82) is 0 Å². The van der Waals surface area contributed by atoms with Crippen LogP contribution in [0.15, 0.2) is 53.5 Å². The number of amides is 1. The molecular weight excluding hydrogens is 426 g/mol. The van der Waals surface area contributed by atoms with Crippen LogP contribution < -0.4 is 0 Å². The van der Waals surface area contributed by atoms with E-state index >= 15 is 0 Å². The van der Waals surface area contributed by atoms with Crippen molar-refractivity contribution in [2.75, 3.05) is 20.1 Å². The summed E-state index contributed by atoms with van der Waals surface area (Å²) < 4.78 is 2.08. The normalized spacial score (nSPS) is 16.9. The van der Waals surface area contributed by atoms with Gasteiger partial charge in [0.25, 0.3) is 5.91 Å². The summed E-state index contributed by atoms with van der Waals surface area (Å²) in [5.74, 6) is -0.00757. The molecule has 6 nitrogen and oxygen atoms in total. The first-order chi connectivity index (χ1) is 15.2. The van der Waals surface area contributed by atoms with E-state index in [2.05, 4.69) is 26.4 Å². The Morgan fingerprint density at radius 1 is 1.23 bits per heavy atom. The van der Waals surface area contributed by atoms with E-state index in [1.807, 2.05) is 48.4 Å².